The molecule has 0 bridgehead atoms. The van der Waals surface area contributed by atoms with E-state index in [1.807, 2.05) is 12.1 Å². The fourth-order valence-electron chi connectivity index (χ4n) is 5.05. The van der Waals surface area contributed by atoms with E-state index in [9.17, 15) is 0 Å². The van der Waals surface area contributed by atoms with Crippen LogP contribution in [0.4, 0.5) is 0 Å². The molecule has 4 rings (SSSR count). The minimum Gasteiger partial charge on any atom is -0.497 e. The molecule has 1 aliphatic rings. The summed E-state index contributed by atoms with van der Waals surface area (Å²) < 4.78 is 12.9. The van der Waals surface area contributed by atoms with Crippen LogP contribution in [-0.2, 0) is 4.43 Å². The number of hydrogen-bond donors (Lipinski definition) is 1. The van der Waals surface area contributed by atoms with Crippen LogP contribution in [0.3, 0.4) is 0 Å². The van der Waals surface area contributed by atoms with Gasteiger partial charge in [-0.1, -0.05) is 93.6 Å². The summed E-state index contributed by atoms with van der Waals surface area (Å²) in [5, 5.41) is 6.39. The SMILES string of the molecule is COc1ccc([C@H]2NCCC[C@@H]2O[Si](c2ccccc2)(c2ccccc2)C(C)(C)C)cc1. The molecule has 0 saturated carbocycles. The zero-order valence-electron chi connectivity index (χ0n) is 19.7. The van der Waals surface area contributed by atoms with Crippen molar-refractivity contribution in [2.45, 2.75) is 50.8 Å². The fraction of sp³-hybridized carbons (Fsp3) is 0.357. The van der Waals surface area contributed by atoms with E-state index in [2.05, 4.69) is 98.9 Å². The molecule has 2 atom stereocenters. The Morgan fingerprint density at radius 3 is 1.88 bits per heavy atom. The van der Waals surface area contributed by atoms with Gasteiger partial charge in [0.05, 0.1) is 19.3 Å². The lowest BCUT2D eigenvalue weighted by Gasteiger charge is -2.47. The van der Waals surface area contributed by atoms with Gasteiger partial charge in [0.15, 0.2) is 0 Å². The maximum absolute atomic E-state index is 7.48. The lowest BCUT2D eigenvalue weighted by molar-refractivity contribution is 0.110. The third kappa shape index (κ3) is 4.40. The summed E-state index contributed by atoms with van der Waals surface area (Å²) in [6.07, 6.45) is 2.27. The van der Waals surface area contributed by atoms with Gasteiger partial charge in [-0.05, 0) is 52.5 Å². The Hall–Kier alpha value is -2.40. The Labute approximate surface area is 193 Å². The maximum Gasteiger partial charge on any atom is 0.261 e. The fourth-order valence-corrected chi connectivity index (χ4v) is 9.77. The van der Waals surface area contributed by atoms with Gasteiger partial charge in [-0.25, -0.2) is 0 Å². The van der Waals surface area contributed by atoms with Gasteiger partial charge in [0.25, 0.3) is 8.32 Å². The second kappa shape index (κ2) is 9.61. The van der Waals surface area contributed by atoms with Gasteiger partial charge >= 0.3 is 0 Å². The van der Waals surface area contributed by atoms with E-state index in [1.54, 1.807) is 7.11 Å². The van der Waals surface area contributed by atoms with E-state index in [4.69, 9.17) is 9.16 Å². The largest absolute Gasteiger partial charge is 0.497 e. The van der Waals surface area contributed by atoms with Crippen LogP contribution in [0.5, 0.6) is 5.75 Å². The highest BCUT2D eigenvalue weighted by Gasteiger charge is 2.52. The quantitative estimate of drug-likeness (QED) is 0.538. The molecule has 3 nitrogen and oxygen atoms in total. The zero-order valence-corrected chi connectivity index (χ0v) is 20.7. The van der Waals surface area contributed by atoms with Crippen molar-refractivity contribution in [1.29, 1.82) is 0 Å². The number of methoxy groups -OCH3 is 1. The Morgan fingerprint density at radius 1 is 0.812 bits per heavy atom. The molecular formula is C28H35NO2Si. The minimum atomic E-state index is -2.59. The van der Waals surface area contributed by atoms with Gasteiger partial charge in [0, 0.05) is 0 Å². The molecule has 1 aliphatic heterocycles. The van der Waals surface area contributed by atoms with Crippen molar-refractivity contribution in [1.82, 2.24) is 5.32 Å². The summed E-state index contributed by atoms with van der Waals surface area (Å²) >= 11 is 0. The summed E-state index contributed by atoms with van der Waals surface area (Å²) in [4.78, 5) is 0. The van der Waals surface area contributed by atoms with Gasteiger partial charge in [-0.15, -0.1) is 0 Å². The van der Waals surface area contributed by atoms with Gasteiger partial charge in [-0.3, -0.25) is 0 Å². The Balaban J connectivity index is 1.80. The highest BCUT2D eigenvalue weighted by atomic mass is 28.4. The molecule has 1 fully saturated rings. The summed E-state index contributed by atoms with van der Waals surface area (Å²) in [5.41, 5.74) is 1.26. The van der Waals surface area contributed by atoms with Crippen LogP contribution in [0.2, 0.25) is 5.04 Å². The van der Waals surface area contributed by atoms with Crippen LogP contribution in [0, 0.1) is 0 Å². The molecule has 0 radical (unpaired) electrons. The molecule has 32 heavy (non-hydrogen) atoms. The molecule has 0 amide bonds. The van der Waals surface area contributed by atoms with Crippen LogP contribution >= 0.6 is 0 Å². The number of benzene rings is 3. The Bertz CT molecular complexity index is 944. The van der Waals surface area contributed by atoms with Gasteiger partial charge in [0.2, 0.25) is 0 Å². The number of nitrogens with one attached hydrogen (secondary N) is 1. The summed E-state index contributed by atoms with van der Waals surface area (Å²) in [5.74, 6) is 0.883. The van der Waals surface area contributed by atoms with Crippen LogP contribution in [-0.4, -0.2) is 28.1 Å². The van der Waals surface area contributed by atoms with Gasteiger partial charge < -0.3 is 14.5 Å². The smallest absolute Gasteiger partial charge is 0.261 e. The molecule has 1 heterocycles. The first-order valence-corrected chi connectivity index (χ1v) is 13.5. The molecule has 0 aliphatic carbocycles. The highest BCUT2D eigenvalue weighted by molar-refractivity contribution is 6.99. The van der Waals surface area contributed by atoms with E-state index in [-0.39, 0.29) is 17.2 Å². The second-order valence-electron chi connectivity index (χ2n) is 9.67. The molecule has 0 unspecified atom stereocenters. The summed E-state index contributed by atoms with van der Waals surface area (Å²) in [6.45, 7) is 8.05. The summed E-state index contributed by atoms with van der Waals surface area (Å²) in [6, 6.07) is 30.4. The average molecular weight is 446 g/mol. The van der Waals surface area contributed by atoms with Crippen LogP contribution in [0.25, 0.3) is 0 Å². The predicted octanol–water partition coefficient (Wildman–Crippen LogP) is 5.06. The van der Waals surface area contributed by atoms with E-state index in [0.717, 1.165) is 25.1 Å². The molecule has 3 aromatic rings. The van der Waals surface area contributed by atoms with Crippen LogP contribution in [0.1, 0.15) is 45.2 Å². The first-order valence-electron chi connectivity index (χ1n) is 11.6. The molecule has 4 heteroatoms. The monoisotopic (exact) mass is 445 g/mol. The van der Waals surface area contributed by atoms with Crippen molar-refractivity contribution in [2.24, 2.45) is 0 Å². The average Bonchev–Trinajstić information content (AvgIpc) is 2.83. The van der Waals surface area contributed by atoms with E-state index >= 15 is 0 Å². The number of ether oxygens (including phenoxy) is 1. The lowest BCUT2D eigenvalue weighted by Crippen LogP contribution is -2.68. The molecule has 0 aromatic heterocycles. The van der Waals surface area contributed by atoms with Crippen molar-refractivity contribution < 1.29 is 9.16 Å². The van der Waals surface area contributed by atoms with Crippen molar-refractivity contribution >= 4 is 18.7 Å². The molecular weight excluding hydrogens is 410 g/mol. The molecule has 3 aromatic carbocycles. The zero-order chi connectivity index (χ0) is 22.6. The normalized spacial score (nSPS) is 19.5. The van der Waals surface area contributed by atoms with Crippen molar-refractivity contribution in [3.63, 3.8) is 0 Å². The molecule has 0 spiro atoms. The predicted molar refractivity (Wildman–Crippen MR) is 135 cm³/mol. The summed E-state index contributed by atoms with van der Waals surface area (Å²) in [7, 11) is -0.883. The molecule has 1 saturated heterocycles. The maximum atomic E-state index is 7.48. The van der Waals surface area contributed by atoms with E-state index < -0.39 is 8.32 Å². The minimum absolute atomic E-state index is 0.0301. The Morgan fingerprint density at radius 2 is 1.38 bits per heavy atom. The number of hydrogen-bond acceptors (Lipinski definition) is 3. The second-order valence-corrected chi connectivity index (χ2v) is 13.9. The van der Waals surface area contributed by atoms with E-state index in [1.165, 1.54) is 15.9 Å². The standard InChI is InChI=1S/C28H35NO2Si/c1-28(2,3)32(24-12-7-5-8-13-24,25-14-9-6-10-15-25)31-26-16-11-21-29-27(26)22-17-19-23(30-4)20-18-22/h5-10,12-15,17-20,26-27,29H,11,16,21H2,1-4H3/t26-,27+/m0/s1. The lowest BCUT2D eigenvalue weighted by atomic mass is 9.95. The Kier molecular flexibility index (Phi) is 6.84. The van der Waals surface area contributed by atoms with Crippen LogP contribution in [0.15, 0.2) is 84.9 Å². The van der Waals surface area contributed by atoms with Crippen molar-refractivity contribution in [2.75, 3.05) is 13.7 Å². The van der Waals surface area contributed by atoms with Crippen molar-refractivity contribution in [3.8, 4) is 5.75 Å². The molecule has 168 valence electrons. The van der Waals surface area contributed by atoms with Crippen molar-refractivity contribution in [3.05, 3.63) is 90.5 Å². The first-order chi connectivity index (χ1) is 15.5. The van der Waals surface area contributed by atoms with Gasteiger partial charge in [-0.2, -0.15) is 0 Å². The highest BCUT2D eigenvalue weighted by Crippen LogP contribution is 2.40. The topological polar surface area (TPSA) is 30.5 Å². The first kappa shape index (κ1) is 22.8. The number of piperidine rings is 1. The molecule has 1 N–H and O–H groups in total. The third-order valence-electron chi connectivity index (χ3n) is 6.62. The number of rotatable bonds is 6. The van der Waals surface area contributed by atoms with Crippen LogP contribution < -0.4 is 20.4 Å². The van der Waals surface area contributed by atoms with E-state index in [0.29, 0.717) is 0 Å². The van der Waals surface area contributed by atoms with Gasteiger partial charge in [0.1, 0.15) is 5.75 Å². The third-order valence-corrected chi connectivity index (χ3v) is 11.7.